The predicted octanol–water partition coefficient (Wildman–Crippen LogP) is 2.83. The lowest BCUT2D eigenvalue weighted by Gasteiger charge is -2.15. The Morgan fingerprint density at radius 2 is 1.96 bits per heavy atom. The summed E-state index contributed by atoms with van der Waals surface area (Å²) in [5.41, 5.74) is 2.03. The molecule has 8 nitrogen and oxygen atoms in total. The molecule has 0 unspecified atom stereocenters. The molecule has 4 rings (SSSR count). The Labute approximate surface area is 148 Å². The number of aliphatic hydroxyl groups excluding tert-OH is 1. The predicted molar refractivity (Wildman–Crippen MR) is 95.1 cm³/mol. The van der Waals surface area contributed by atoms with Crippen LogP contribution in [0.4, 0.5) is 5.69 Å². The fourth-order valence-corrected chi connectivity index (χ4v) is 3.89. The van der Waals surface area contributed by atoms with E-state index in [1.807, 2.05) is 10.8 Å². The van der Waals surface area contributed by atoms with Crippen LogP contribution in [-0.2, 0) is 10.2 Å². The third-order valence-corrected chi connectivity index (χ3v) is 5.33. The summed E-state index contributed by atoms with van der Waals surface area (Å²) in [5.74, 6) is -0.125. The quantitative estimate of drug-likeness (QED) is 0.650. The van der Waals surface area contributed by atoms with E-state index in [2.05, 4.69) is 0 Å². The van der Waals surface area contributed by atoms with E-state index in [-0.39, 0.29) is 11.4 Å². The number of nitrogens with one attached hydrogen (secondary N) is 1. The number of hydrogen-bond acceptors (Lipinski definition) is 6. The summed E-state index contributed by atoms with van der Waals surface area (Å²) in [5, 5.41) is 20.5. The van der Waals surface area contributed by atoms with Crippen LogP contribution >= 0.6 is 0 Å². The highest BCUT2D eigenvalue weighted by molar-refractivity contribution is 7.91. The average Bonchev–Trinajstić information content (AvgIpc) is 3.13. The molecule has 0 aliphatic carbocycles. The zero-order valence-corrected chi connectivity index (χ0v) is 14.3. The summed E-state index contributed by atoms with van der Waals surface area (Å²) >= 11 is 0. The van der Waals surface area contributed by atoms with Gasteiger partial charge in [-0.2, -0.15) is 8.42 Å². The van der Waals surface area contributed by atoms with Crippen molar-refractivity contribution in [3.05, 3.63) is 54.7 Å². The number of furan rings is 1. The number of methoxy groups -OCH3 is 1. The highest BCUT2D eigenvalue weighted by Gasteiger charge is 2.30. The average molecular weight is 374 g/mol. The summed E-state index contributed by atoms with van der Waals surface area (Å²) in [7, 11) is -2.41. The summed E-state index contributed by atoms with van der Waals surface area (Å²) in [6.07, 6.45) is 2.53. The maximum absolute atomic E-state index is 11.9. The van der Waals surface area contributed by atoms with E-state index < -0.39 is 16.1 Å². The van der Waals surface area contributed by atoms with Gasteiger partial charge in [-0.1, -0.05) is 6.07 Å². The smallest absolute Gasteiger partial charge is 0.330 e. The van der Waals surface area contributed by atoms with Crippen LogP contribution in [0.5, 0.6) is 11.5 Å². The summed E-state index contributed by atoms with van der Waals surface area (Å²) in [6, 6.07) is 9.93. The third kappa shape index (κ3) is 2.49. The molecule has 0 saturated heterocycles. The van der Waals surface area contributed by atoms with E-state index >= 15 is 0 Å². The third-order valence-electron chi connectivity index (χ3n) is 4.04. The van der Waals surface area contributed by atoms with Crippen molar-refractivity contribution in [3.8, 4) is 22.6 Å². The molecule has 26 heavy (non-hydrogen) atoms. The SMILES string of the molecule is COc1ccc2c(-c3ccc(N4C=C(O)NS4(=O)=O)c(O)c3)coc2c1. The molecule has 2 heterocycles. The van der Waals surface area contributed by atoms with Gasteiger partial charge >= 0.3 is 10.2 Å². The standard InChI is InChI=1S/C17H14N2O6S/c1-24-11-3-4-12-13(9-25-16(12)7-11)10-2-5-14(15(20)6-10)19-8-17(21)18-26(19,22)23/h2-9,18,20-21H,1H3. The molecule has 9 heteroatoms. The molecule has 0 saturated carbocycles. The second kappa shape index (κ2) is 5.60. The molecular weight excluding hydrogens is 360 g/mol. The van der Waals surface area contributed by atoms with Crippen LogP contribution in [0.15, 0.2) is 59.2 Å². The van der Waals surface area contributed by atoms with E-state index in [4.69, 9.17) is 9.15 Å². The first-order valence-corrected chi connectivity index (χ1v) is 8.94. The highest BCUT2D eigenvalue weighted by atomic mass is 32.2. The number of fused-ring (bicyclic) bond motifs is 1. The Balaban J connectivity index is 1.78. The first kappa shape index (κ1) is 16.2. The largest absolute Gasteiger partial charge is 0.506 e. The number of nitrogens with zero attached hydrogens (tertiary/aromatic N) is 1. The zero-order chi connectivity index (χ0) is 18.5. The van der Waals surface area contributed by atoms with Gasteiger partial charge < -0.3 is 19.4 Å². The van der Waals surface area contributed by atoms with Gasteiger partial charge in [0.1, 0.15) is 22.8 Å². The van der Waals surface area contributed by atoms with Gasteiger partial charge in [-0.3, -0.25) is 0 Å². The van der Waals surface area contributed by atoms with Crippen LogP contribution in [0.1, 0.15) is 0 Å². The fraction of sp³-hybridized carbons (Fsp3) is 0.0588. The van der Waals surface area contributed by atoms with Gasteiger partial charge in [-0.05, 0) is 29.8 Å². The Morgan fingerprint density at radius 3 is 2.62 bits per heavy atom. The lowest BCUT2D eigenvalue weighted by atomic mass is 10.0. The van der Waals surface area contributed by atoms with E-state index in [1.165, 1.54) is 12.1 Å². The van der Waals surface area contributed by atoms with Crippen molar-refractivity contribution >= 4 is 26.9 Å². The molecule has 0 radical (unpaired) electrons. The first-order valence-electron chi connectivity index (χ1n) is 7.50. The van der Waals surface area contributed by atoms with Crippen molar-refractivity contribution in [2.75, 3.05) is 11.4 Å². The molecule has 0 fully saturated rings. The second-order valence-corrected chi connectivity index (χ2v) is 7.18. The Hall–Kier alpha value is -3.33. The van der Waals surface area contributed by atoms with Crippen LogP contribution in [0.2, 0.25) is 0 Å². The monoisotopic (exact) mass is 374 g/mol. The fourth-order valence-electron chi connectivity index (χ4n) is 2.82. The van der Waals surface area contributed by atoms with Crippen molar-refractivity contribution in [1.82, 2.24) is 4.72 Å². The number of phenols is 1. The molecule has 0 spiro atoms. The van der Waals surface area contributed by atoms with E-state index in [0.717, 1.165) is 21.5 Å². The number of phenolic OH excluding ortho intramolecular Hbond substituents is 1. The highest BCUT2D eigenvalue weighted by Crippen LogP contribution is 2.38. The summed E-state index contributed by atoms with van der Waals surface area (Å²) < 4.78 is 37.3. The molecule has 0 amide bonds. The van der Waals surface area contributed by atoms with Crippen LogP contribution in [0.3, 0.4) is 0 Å². The molecule has 0 bridgehead atoms. The van der Waals surface area contributed by atoms with E-state index in [9.17, 15) is 18.6 Å². The molecule has 3 aromatic rings. The van der Waals surface area contributed by atoms with Gasteiger partial charge in [0, 0.05) is 17.0 Å². The molecule has 2 aromatic carbocycles. The zero-order valence-electron chi connectivity index (χ0n) is 13.5. The number of benzene rings is 2. The van der Waals surface area contributed by atoms with Crippen molar-refractivity contribution in [3.63, 3.8) is 0 Å². The molecule has 1 aliphatic rings. The normalized spacial score (nSPS) is 15.7. The number of hydrogen-bond donors (Lipinski definition) is 3. The van der Waals surface area contributed by atoms with Crippen LogP contribution in [0, 0.1) is 0 Å². The number of aromatic hydroxyl groups is 1. The number of rotatable bonds is 3. The lowest BCUT2D eigenvalue weighted by molar-refractivity contribution is 0.392. The van der Waals surface area contributed by atoms with Crippen LogP contribution in [-0.4, -0.2) is 25.7 Å². The molecule has 1 aromatic heterocycles. The van der Waals surface area contributed by atoms with Gasteiger partial charge in [-0.15, -0.1) is 0 Å². The summed E-state index contributed by atoms with van der Waals surface area (Å²) in [6.45, 7) is 0. The second-order valence-electron chi connectivity index (χ2n) is 5.63. The number of anilines is 1. The van der Waals surface area contributed by atoms with Gasteiger partial charge in [0.15, 0.2) is 0 Å². The summed E-state index contributed by atoms with van der Waals surface area (Å²) in [4.78, 5) is 0. The van der Waals surface area contributed by atoms with Crippen LogP contribution < -0.4 is 13.8 Å². The minimum atomic E-state index is -3.97. The molecular formula is C17H14N2O6S. The molecule has 1 aliphatic heterocycles. The van der Waals surface area contributed by atoms with Gasteiger partial charge in [0.05, 0.1) is 19.6 Å². The number of aliphatic hydroxyl groups is 1. The van der Waals surface area contributed by atoms with Crippen molar-refractivity contribution < 1.29 is 27.8 Å². The first-order chi connectivity index (χ1) is 12.4. The maximum atomic E-state index is 11.9. The van der Waals surface area contributed by atoms with E-state index in [1.54, 1.807) is 31.6 Å². The molecule has 134 valence electrons. The van der Waals surface area contributed by atoms with Crippen molar-refractivity contribution in [2.45, 2.75) is 0 Å². The number of ether oxygens (including phenoxy) is 1. The Kier molecular flexibility index (Phi) is 3.48. The van der Waals surface area contributed by atoms with Crippen LogP contribution in [0.25, 0.3) is 22.1 Å². The minimum Gasteiger partial charge on any atom is -0.506 e. The van der Waals surface area contributed by atoms with Crippen molar-refractivity contribution in [2.24, 2.45) is 0 Å². The van der Waals surface area contributed by atoms with E-state index in [0.29, 0.717) is 16.9 Å². The lowest BCUT2D eigenvalue weighted by Crippen LogP contribution is -2.29. The molecule has 0 atom stereocenters. The van der Waals surface area contributed by atoms with Gasteiger partial charge in [0.2, 0.25) is 5.88 Å². The van der Waals surface area contributed by atoms with Gasteiger partial charge in [0.25, 0.3) is 0 Å². The maximum Gasteiger partial charge on any atom is 0.330 e. The topological polar surface area (TPSA) is 112 Å². The van der Waals surface area contributed by atoms with Gasteiger partial charge in [-0.25, -0.2) is 9.03 Å². The Morgan fingerprint density at radius 1 is 1.15 bits per heavy atom. The minimum absolute atomic E-state index is 0.0137. The van der Waals surface area contributed by atoms with Crippen molar-refractivity contribution in [1.29, 1.82) is 0 Å². The molecule has 3 N–H and O–H groups in total. The Bertz CT molecular complexity index is 1150.